The van der Waals surface area contributed by atoms with Crippen LogP contribution in [0, 0.1) is 0 Å². The normalized spacial score (nSPS) is 11.1. The Bertz CT molecular complexity index is 916. The number of hydrogen-bond acceptors (Lipinski definition) is 5. The lowest BCUT2D eigenvalue weighted by molar-refractivity contribution is 0.0922. The number of methoxy groups -OCH3 is 1. The lowest BCUT2D eigenvalue weighted by Gasteiger charge is -2.20. The summed E-state index contributed by atoms with van der Waals surface area (Å²) in [5.74, 6) is 0.154. The topological polar surface area (TPSA) is 84.9 Å². The van der Waals surface area contributed by atoms with Crippen molar-refractivity contribution in [1.82, 2.24) is 5.32 Å². The highest BCUT2D eigenvalue weighted by atomic mass is 35.5. The summed E-state index contributed by atoms with van der Waals surface area (Å²) in [5, 5.41) is 2.82. The van der Waals surface area contributed by atoms with Gasteiger partial charge in [-0.2, -0.15) is 0 Å². The molecule has 0 unspecified atom stereocenters. The number of rotatable bonds is 9. The van der Waals surface area contributed by atoms with Crippen molar-refractivity contribution in [2.45, 2.75) is 11.8 Å². The van der Waals surface area contributed by atoms with Crippen molar-refractivity contribution >= 4 is 33.2 Å². The number of hydrogen-bond donors (Lipinski definition) is 1. The Kier molecular flexibility index (Phi) is 7.68. The second-order valence-corrected chi connectivity index (χ2v) is 8.14. The molecule has 0 heterocycles. The number of carbonyl (C=O) groups excluding carboxylic acids is 1. The van der Waals surface area contributed by atoms with Crippen LogP contribution in [0.25, 0.3) is 0 Å². The Hall–Kier alpha value is -2.29. The van der Waals surface area contributed by atoms with Gasteiger partial charge in [0.2, 0.25) is 0 Å². The van der Waals surface area contributed by atoms with Gasteiger partial charge in [-0.05, 0) is 49.4 Å². The smallest absolute Gasteiger partial charge is 0.264 e. The maximum absolute atomic E-state index is 13.0. The van der Waals surface area contributed by atoms with Crippen LogP contribution in [0.1, 0.15) is 17.3 Å². The third kappa shape index (κ3) is 5.15. The van der Waals surface area contributed by atoms with Crippen molar-refractivity contribution in [2.24, 2.45) is 0 Å². The highest BCUT2D eigenvalue weighted by molar-refractivity contribution is 7.92. The highest BCUT2D eigenvalue weighted by Crippen LogP contribution is 2.27. The average molecular weight is 427 g/mol. The zero-order chi connectivity index (χ0) is 20.7. The first-order valence-corrected chi connectivity index (χ1v) is 10.4. The molecule has 0 bridgehead atoms. The maximum atomic E-state index is 13.0. The van der Waals surface area contributed by atoms with Crippen LogP contribution in [-0.2, 0) is 14.8 Å². The zero-order valence-electron chi connectivity index (χ0n) is 15.9. The Morgan fingerprint density at radius 3 is 2.46 bits per heavy atom. The fourth-order valence-electron chi connectivity index (χ4n) is 2.40. The number of amides is 1. The van der Waals surface area contributed by atoms with Crippen LogP contribution in [0.15, 0.2) is 47.4 Å². The molecule has 0 aliphatic carbocycles. The predicted octanol–water partition coefficient (Wildman–Crippen LogP) is 2.94. The number of nitrogens with zero attached hydrogens (tertiary/aromatic N) is 1. The maximum Gasteiger partial charge on any atom is 0.264 e. The number of nitrogens with one attached hydrogen (secondary N) is 1. The van der Waals surface area contributed by atoms with Crippen molar-refractivity contribution in [3.8, 4) is 5.75 Å². The van der Waals surface area contributed by atoms with Gasteiger partial charge < -0.3 is 14.8 Å². The van der Waals surface area contributed by atoms with Crippen LogP contribution in [0.4, 0.5) is 5.69 Å². The Balaban J connectivity index is 2.26. The van der Waals surface area contributed by atoms with Crippen LogP contribution in [0.3, 0.4) is 0 Å². The molecule has 0 saturated carbocycles. The van der Waals surface area contributed by atoms with Gasteiger partial charge in [-0.3, -0.25) is 9.10 Å². The summed E-state index contributed by atoms with van der Waals surface area (Å²) in [6, 6.07) is 10.6. The van der Waals surface area contributed by atoms with E-state index in [2.05, 4.69) is 5.32 Å². The molecule has 0 atom stereocenters. The summed E-state index contributed by atoms with van der Waals surface area (Å²) in [7, 11) is -0.914. The molecule has 0 aromatic heterocycles. The van der Waals surface area contributed by atoms with Crippen molar-refractivity contribution < 1.29 is 22.7 Å². The molecule has 0 spiro atoms. The highest BCUT2D eigenvalue weighted by Gasteiger charge is 2.23. The molecule has 2 rings (SSSR count). The quantitative estimate of drug-likeness (QED) is 0.623. The van der Waals surface area contributed by atoms with Gasteiger partial charge >= 0.3 is 0 Å². The Labute approximate surface area is 170 Å². The van der Waals surface area contributed by atoms with Gasteiger partial charge in [-0.25, -0.2) is 8.42 Å². The molecule has 9 heteroatoms. The number of halogens is 1. The lowest BCUT2D eigenvalue weighted by atomic mass is 10.2. The van der Waals surface area contributed by atoms with Gasteiger partial charge in [0.1, 0.15) is 5.75 Å². The van der Waals surface area contributed by atoms with Gasteiger partial charge in [0, 0.05) is 20.2 Å². The summed E-state index contributed by atoms with van der Waals surface area (Å²) in [5.41, 5.74) is 0.542. The first-order chi connectivity index (χ1) is 13.3. The van der Waals surface area contributed by atoms with E-state index in [0.29, 0.717) is 31.2 Å². The minimum Gasteiger partial charge on any atom is -0.497 e. The molecule has 0 saturated heterocycles. The second-order valence-electron chi connectivity index (χ2n) is 5.77. The van der Waals surface area contributed by atoms with Gasteiger partial charge in [-0.15, -0.1) is 0 Å². The van der Waals surface area contributed by atoms with Crippen molar-refractivity contribution in [3.05, 3.63) is 53.1 Å². The number of benzene rings is 2. The molecular weight excluding hydrogens is 404 g/mol. The van der Waals surface area contributed by atoms with E-state index < -0.39 is 15.9 Å². The summed E-state index contributed by atoms with van der Waals surface area (Å²) < 4.78 is 37.3. The summed E-state index contributed by atoms with van der Waals surface area (Å²) in [6.07, 6.45) is 0. The minimum absolute atomic E-state index is 0.0369. The molecule has 28 heavy (non-hydrogen) atoms. The largest absolute Gasteiger partial charge is 0.497 e. The van der Waals surface area contributed by atoms with Crippen LogP contribution >= 0.6 is 11.6 Å². The van der Waals surface area contributed by atoms with Crippen LogP contribution in [-0.4, -0.2) is 48.2 Å². The number of ether oxygens (including phenoxy) is 2. The number of anilines is 1. The van der Waals surface area contributed by atoms with E-state index in [1.165, 1.54) is 32.4 Å². The molecule has 0 radical (unpaired) electrons. The SMILES string of the molecule is CCOCCNC(=O)c1cc(S(=O)(=O)N(C)c2ccc(OC)cc2)ccc1Cl. The first kappa shape index (κ1) is 22.0. The predicted molar refractivity (Wildman–Crippen MR) is 109 cm³/mol. The number of sulfonamides is 1. The zero-order valence-corrected chi connectivity index (χ0v) is 17.5. The fourth-order valence-corrected chi connectivity index (χ4v) is 3.83. The second kappa shape index (κ2) is 9.77. The minimum atomic E-state index is -3.88. The molecule has 0 fully saturated rings. The summed E-state index contributed by atoms with van der Waals surface area (Å²) in [6.45, 7) is 3.05. The molecule has 2 aromatic carbocycles. The standard InChI is InChI=1S/C19H23ClN2O5S/c1-4-27-12-11-21-19(23)17-13-16(9-10-18(17)20)28(24,25)22(2)14-5-7-15(26-3)8-6-14/h5-10,13H,4,11-12H2,1-3H3,(H,21,23). The summed E-state index contributed by atoms with van der Waals surface area (Å²) in [4.78, 5) is 12.3. The van der Waals surface area contributed by atoms with E-state index in [4.69, 9.17) is 21.1 Å². The van der Waals surface area contributed by atoms with Gasteiger partial charge in [0.05, 0.1) is 34.9 Å². The van der Waals surface area contributed by atoms with E-state index >= 15 is 0 Å². The van der Waals surface area contributed by atoms with E-state index in [9.17, 15) is 13.2 Å². The summed E-state index contributed by atoms with van der Waals surface area (Å²) >= 11 is 6.10. The molecule has 152 valence electrons. The van der Waals surface area contributed by atoms with Crippen molar-refractivity contribution in [2.75, 3.05) is 38.2 Å². The monoisotopic (exact) mass is 426 g/mol. The van der Waals surface area contributed by atoms with Crippen molar-refractivity contribution in [1.29, 1.82) is 0 Å². The Morgan fingerprint density at radius 1 is 1.18 bits per heavy atom. The van der Waals surface area contributed by atoms with Gasteiger partial charge in [-0.1, -0.05) is 11.6 Å². The third-order valence-corrected chi connectivity index (χ3v) is 6.12. The molecule has 0 aliphatic heterocycles. The molecule has 7 nitrogen and oxygen atoms in total. The lowest BCUT2D eigenvalue weighted by Crippen LogP contribution is -2.29. The van der Waals surface area contributed by atoms with E-state index in [1.807, 2.05) is 6.92 Å². The fraction of sp³-hybridized carbons (Fsp3) is 0.316. The average Bonchev–Trinajstić information content (AvgIpc) is 2.70. The number of carbonyl (C=O) groups is 1. The van der Waals surface area contributed by atoms with Crippen LogP contribution in [0.5, 0.6) is 5.75 Å². The van der Waals surface area contributed by atoms with E-state index in [-0.39, 0.29) is 15.5 Å². The van der Waals surface area contributed by atoms with E-state index in [0.717, 1.165) is 4.31 Å². The molecular formula is C19H23ClN2O5S. The van der Waals surface area contributed by atoms with Crippen molar-refractivity contribution in [3.63, 3.8) is 0 Å². The first-order valence-electron chi connectivity index (χ1n) is 8.59. The Morgan fingerprint density at radius 2 is 1.86 bits per heavy atom. The van der Waals surface area contributed by atoms with Crippen LogP contribution in [0.2, 0.25) is 5.02 Å². The molecule has 1 amide bonds. The molecule has 2 aromatic rings. The molecule has 1 N–H and O–H groups in total. The molecule has 0 aliphatic rings. The third-order valence-electron chi connectivity index (χ3n) is 4.01. The van der Waals surface area contributed by atoms with E-state index in [1.54, 1.807) is 24.3 Å². The van der Waals surface area contributed by atoms with Crippen LogP contribution < -0.4 is 14.4 Å². The van der Waals surface area contributed by atoms with Gasteiger partial charge in [0.25, 0.3) is 15.9 Å². The van der Waals surface area contributed by atoms with Gasteiger partial charge in [0.15, 0.2) is 0 Å².